The van der Waals surface area contributed by atoms with Crippen LogP contribution in [0.1, 0.15) is 15.9 Å². The van der Waals surface area contributed by atoms with Crippen LogP contribution in [0.3, 0.4) is 0 Å². The van der Waals surface area contributed by atoms with Gasteiger partial charge in [0.2, 0.25) is 0 Å². The fourth-order valence-electron chi connectivity index (χ4n) is 2.08. The maximum atomic E-state index is 12.5. The van der Waals surface area contributed by atoms with Crippen LogP contribution in [-0.4, -0.2) is 21.1 Å². The third-order valence-electron chi connectivity index (χ3n) is 3.29. The lowest BCUT2D eigenvalue weighted by Crippen LogP contribution is -2.44. The number of thioether (sulfide) groups is 1. The van der Waals surface area contributed by atoms with Gasteiger partial charge in [-0.2, -0.15) is 5.01 Å². The zero-order chi connectivity index (χ0) is 18.0. The molecule has 1 fully saturated rings. The predicted octanol–water partition coefficient (Wildman–Crippen LogP) is 4.65. The van der Waals surface area contributed by atoms with Crippen molar-refractivity contribution < 1.29 is 9.59 Å². The molecule has 8 heteroatoms. The van der Waals surface area contributed by atoms with E-state index in [0.717, 1.165) is 26.8 Å². The number of nitrogens with one attached hydrogen (secondary N) is 1. The molecule has 0 unspecified atom stereocenters. The summed E-state index contributed by atoms with van der Waals surface area (Å²) in [5, 5.41) is 1.37. The van der Waals surface area contributed by atoms with Crippen LogP contribution >= 0.6 is 51.5 Å². The molecule has 2 aromatic carbocycles. The fourth-order valence-corrected chi connectivity index (χ4v) is 3.75. The molecule has 126 valence electrons. The highest BCUT2D eigenvalue weighted by Gasteiger charge is 2.34. The molecular weight excluding hydrogens is 444 g/mol. The van der Waals surface area contributed by atoms with E-state index in [1.54, 1.807) is 30.3 Å². The number of benzene rings is 2. The Kier molecular flexibility index (Phi) is 5.58. The Morgan fingerprint density at radius 1 is 1.20 bits per heavy atom. The monoisotopic (exact) mass is 452 g/mol. The average molecular weight is 454 g/mol. The van der Waals surface area contributed by atoms with E-state index >= 15 is 0 Å². The molecular formula is C17H10BrClN2O2S2. The second-order valence-corrected chi connectivity index (χ2v) is 7.99. The SMILES string of the molecule is O=C(NN1C(=O)/C(=C/c2ccc(Br)cc2)SC1=S)c1ccccc1Cl. The minimum Gasteiger partial charge on any atom is -0.267 e. The van der Waals surface area contributed by atoms with E-state index in [9.17, 15) is 9.59 Å². The van der Waals surface area contributed by atoms with Crippen molar-refractivity contribution in [3.8, 4) is 0 Å². The van der Waals surface area contributed by atoms with Crippen LogP contribution in [0.25, 0.3) is 6.08 Å². The summed E-state index contributed by atoms with van der Waals surface area (Å²) in [6, 6.07) is 14.1. The van der Waals surface area contributed by atoms with Crippen molar-refractivity contribution in [2.75, 3.05) is 0 Å². The number of hydrogen-bond acceptors (Lipinski definition) is 4. The van der Waals surface area contributed by atoms with E-state index in [2.05, 4.69) is 21.4 Å². The molecule has 1 N–H and O–H groups in total. The van der Waals surface area contributed by atoms with Gasteiger partial charge in [0.25, 0.3) is 11.8 Å². The lowest BCUT2D eigenvalue weighted by Gasteiger charge is -2.16. The molecule has 1 heterocycles. The lowest BCUT2D eigenvalue weighted by atomic mass is 10.2. The summed E-state index contributed by atoms with van der Waals surface area (Å²) < 4.78 is 1.21. The molecule has 25 heavy (non-hydrogen) atoms. The first kappa shape index (κ1) is 18.1. The van der Waals surface area contributed by atoms with E-state index in [0.29, 0.717) is 9.93 Å². The molecule has 0 bridgehead atoms. The smallest absolute Gasteiger partial charge is 0.267 e. The highest BCUT2D eigenvalue weighted by molar-refractivity contribution is 9.10. The van der Waals surface area contributed by atoms with Gasteiger partial charge >= 0.3 is 0 Å². The summed E-state index contributed by atoms with van der Waals surface area (Å²) in [4.78, 5) is 25.3. The van der Waals surface area contributed by atoms with Crippen molar-refractivity contribution in [2.24, 2.45) is 0 Å². The molecule has 1 aliphatic rings. The molecule has 2 aromatic rings. The van der Waals surface area contributed by atoms with Crippen LogP contribution in [0, 0.1) is 0 Å². The second-order valence-electron chi connectivity index (χ2n) is 4.99. The van der Waals surface area contributed by atoms with E-state index in [1.807, 2.05) is 24.3 Å². The third-order valence-corrected chi connectivity index (χ3v) is 5.45. The number of hydrazine groups is 1. The zero-order valence-corrected chi connectivity index (χ0v) is 16.5. The summed E-state index contributed by atoms with van der Waals surface area (Å²) in [6.45, 7) is 0. The number of rotatable bonds is 3. The van der Waals surface area contributed by atoms with Crippen LogP contribution in [0.5, 0.6) is 0 Å². The van der Waals surface area contributed by atoms with Crippen molar-refractivity contribution in [3.05, 3.63) is 74.1 Å². The summed E-state index contributed by atoms with van der Waals surface area (Å²) in [5.74, 6) is -0.870. The molecule has 0 radical (unpaired) electrons. The fraction of sp³-hybridized carbons (Fsp3) is 0. The Labute approximate surface area is 167 Å². The van der Waals surface area contributed by atoms with Crippen LogP contribution in [0.4, 0.5) is 0 Å². The third kappa shape index (κ3) is 4.12. The van der Waals surface area contributed by atoms with Gasteiger partial charge in [0.05, 0.1) is 15.5 Å². The minimum atomic E-state index is -0.494. The van der Waals surface area contributed by atoms with Gasteiger partial charge in [-0.05, 0) is 48.1 Å². The summed E-state index contributed by atoms with van der Waals surface area (Å²) in [6.07, 6.45) is 1.73. The quantitative estimate of drug-likeness (QED) is 0.543. The molecule has 0 aromatic heterocycles. The van der Waals surface area contributed by atoms with Crippen molar-refractivity contribution in [1.29, 1.82) is 0 Å². The molecule has 0 saturated carbocycles. The number of carbonyl (C=O) groups is 2. The second kappa shape index (κ2) is 7.70. The maximum Gasteiger partial charge on any atom is 0.285 e. The number of carbonyl (C=O) groups excluding carboxylic acids is 2. The van der Waals surface area contributed by atoms with Gasteiger partial charge < -0.3 is 0 Å². The van der Waals surface area contributed by atoms with Crippen molar-refractivity contribution in [3.63, 3.8) is 0 Å². The number of nitrogens with zero attached hydrogens (tertiary/aromatic N) is 1. The van der Waals surface area contributed by atoms with Gasteiger partial charge in [0, 0.05) is 4.47 Å². The topological polar surface area (TPSA) is 49.4 Å². The predicted molar refractivity (Wildman–Crippen MR) is 108 cm³/mol. The number of amides is 2. The van der Waals surface area contributed by atoms with Gasteiger partial charge in [0.15, 0.2) is 4.32 Å². The highest BCUT2D eigenvalue weighted by Crippen LogP contribution is 2.31. The molecule has 4 nitrogen and oxygen atoms in total. The Balaban J connectivity index is 1.79. The Morgan fingerprint density at radius 3 is 2.56 bits per heavy atom. The van der Waals surface area contributed by atoms with Gasteiger partial charge in [-0.25, -0.2) is 0 Å². The number of thiocarbonyl (C=S) groups is 1. The standard InChI is InChI=1S/C17H10BrClN2O2S2/c18-11-7-5-10(6-8-11)9-14-16(23)21(17(24)25-14)20-15(22)12-3-1-2-4-13(12)19/h1-9H,(H,20,22)/b14-9-. The Hall–Kier alpha value is -1.67. The molecule has 0 atom stereocenters. The number of hydrogen-bond donors (Lipinski definition) is 1. The zero-order valence-electron chi connectivity index (χ0n) is 12.5. The van der Waals surface area contributed by atoms with Gasteiger partial charge in [0.1, 0.15) is 0 Å². The normalized spacial score (nSPS) is 15.8. The molecule has 0 spiro atoms. The Morgan fingerprint density at radius 2 is 1.88 bits per heavy atom. The maximum absolute atomic E-state index is 12.5. The van der Waals surface area contributed by atoms with Gasteiger partial charge in [-0.3, -0.25) is 15.0 Å². The van der Waals surface area contributed by atoms with Crippen LogP contribution in [0.15, 0.2) is 57.9 Å². The first-order valence-electron chi connectivity index (χ1n) is 7.05. The minimum absolute atomic E-state index is 0.258. The van der Waals surface area contributed by atoms with Crippen LogP contribution in [0.2, 0.25) is 5.02 Å². The first-order valence-corrected chi connectivity index (χ1v) is 9.44. The number of halogens is 2. The molecule has 3 rings (SSSR count). The van der Waals surface area contributed by atoms with E-state index in [1.165, 1.54) is 0 Å². The summed E-state index contributed by atoms with van der Waals surface area (Å²) >= 11 is 15.7. The Bertz CT molecular complexity index is 900. The first-order chi connectivity index (χ1) is 12.0. The van der Waals surface area contributed by atoms with E-state index in [-0.39, 0.29) is 15.8 Å². The largest absolute Gasteiger partial charge is 0.285 e. The molecule has 0 aliphatic carbocycles. The average Bonchev–Trinajstić information content (AvgIpc) is 2.85. The van der Waals surface area contributed by atoms with Crippen molar-refractivity contribution >= 4 is 73.7 Å². The lowest BCUT2D eigenvalue weighted by molar-refractivity contribution is -0.123. The van der Waals surface area contributed by atoms with Crippen molar-refractivity contribution in [1.82, 2.24) is 10.4 Å². The summed E-state index contributed by atoms with van der Waals surface area (Å²) in [7, 11) is 0. The highest BCUT2D eigenvalue weighted by atomic mass is 79.9. The van der Waals surface area contributed by atoms with Crippen LogP contribution in [-0.2, 0) is 4.79 Å². The molecule has 2 amide bonds. The molecule has 1 saturated heterocycles. The summed E-state index contributed by atoms with van der Waals surface area (Å²) in [5.41, 5.74) is 3.65. The van der Waals surface area contributed by atoms with E-state index in [4.69, 9.17) is 23.8 Å². The van der Waals surface area contributed by atoms with Crippen LogP contribution < -0.4 is 5.43 Å². The van der Waals surface area contributed by atoms with E-state index < -0.39 is 5.91 Å². The van der Waals surface area contributed by atoms with Gasteiger partial charge in [-0.1, -0.05) is 63.6 Å². The molecule has 1 aliphatic heterocycles. The van der Waals surface area contributed by atoms with Gasteiger partial charge in [-0.15, -0.1) is 0 Å². The van der Waals surface area contributed by atoms with Crippen molar-refractivity contribution in [2.45, 2.75) is 0 Å².